The van der Waals surface area contributed by atoms with Crippen LogP contribution in [0.5, 0.6) is 0 Å². The van der Waals surface area contributed by atoms with Gasteiger partial charge in [-0.15, -0.1) is 0 Å². The summed E-state index contributed by atoms with van der Waals surface area (Å²) in [5.41, 5.74) is 1.73. The predicted molar refractivity (Wildman–Crippen MR) is 70.1 cm³/mol. The van der Waals surface area contributed by atoms with Gasteiger partial charge in [-0.25, -0.2) is 0 Å². The van der Waals surface area contributed by atoms with Crippen molar-refractivity contribution in [3.05, 3.63) is 35.4 Å². The predicted octanol–water partition coefficient (Wildman–Crippen LogP) is 3.40. The fraction of sp³-hybridized carbons (Fsp3) is 0.467. The summed E-state index contributed by atoms with van der Waals surface area (Å²) in [5, 5.41) is 8.74. The van der Waals surface area contributed by atoms with Crippen LogP contribution in [0, 0.1) is 11.3 Å². The average Bonchev–Trinajstić information content (AvgIpc) is 2.42. The smallest absolute Gasteiger partial charge is 0.306 e. The first-order chi connectivity index (χ1) is 8.71. The molecule has 1 atom stereocenters. The standard InChI is InChI=1S/C15H19NO2/c1-3-9-18-15(17)10-13(4-2)14-7-5-12(11-16)6-8-14/h5-8,13H,3-4,9-10H2,1-2H3. The molecule has 0 aliphatic carbocycles. The Morgan fingerprint density at radius 1 is 1.33 bits per heavy atom. The summed E-state index contributed by atoms with van der Waals surface area (Å²) < 4.78 is 5.10. The maximum Gasteiger partial charge on any atom is 0.306 e. The van der Waals surface area contributed by atoms with Gasteiger partial charge >= 0.3 is 5.97 Å². The summed E-state index contributed by atoms with van der Waals surface area (Å²) in [4.78, 5) is 11.6. The molecule has 1 aromatic carbocycles. The minimum atomic E-state index is -0.145. The minimum absolute atomic E-state index is 0.145. The highest BCUT2D eigenvalue weighted by molar-refractivity contribution is 5.70. The second-order valence-electron chi connectivity index (χ2n) is 4.26. The van der Waals surface area contributed by atoms with E-state index in [1.54, 1.807) is 12.1 Å². The van der Waals surface area contributed by atoms with Gasteiger partial charge in [0.1, 0.15) is 0 Å². The molecule has 0 saturated heterocycles. The third kappa shape index (κ3) is 4.21. The SMILES string of the molecule is CCCOC(=O)CC(CC)c1ccc(C#N)cc1. The Labute approximate surface area is 108 Å². The lowest BCUT2D eigenvalue weighted by molar-refractivity contribution is -0.144. The Morgan fingerprint density at radius 2 is 2.00 bits per heavy atom. The topological polar surface area (TPSA) is 50.1 Å². The van der Waals surface area contributed by atoms with E-state index in [0.29, 0.717) is 18.6 Å². The normalized spacial score (nSPS) is 11.6. The molecule has 0 aromatic heterocycles. The first kappa shape index (κ1) is 14.2. The Morgan fingerprint density at radius 3 is 2.50 bits per heavy atom. The Kier molecular flexibility index (Phi) is 5.93. The van der Waals surface area contributed by atoms with Gasteiger partial charge in [-0.3, -0.25) is 4.79 Å². The number of nitrogens with zero attached hydrogens (tertiary/aromatic N) is 1. The highest BCUT2D eigenvalue weighted by Gasteiger charge is 2.15. The molecule has 3 heteroatoms. The molecule has 0 fully saturated rings. The summed E-state index contributed by atoms with van der Waals surface area (Å²) in [5.74, 6) is 0.0233. The van der Waals surface area contributed by atoms with Crippen LogP contribution in [-0.2, 0) is 9.53 Å². The van der Waals surface area contributed by atoms with Crippen LogP contribution in [-0.4, -0.2) is 12.6 Å². The number of carbonyl (C=O) groups is 1. The minimum Gasteiger partial charge on any atom is -0.466 e. The lowest BCUT2D eigenvalue weighted by Crippen LogP contribution is -2.10. The molecule has 0 heterocycles. The van der Waals surface area contributed by atoms with Gasteiger partial charge in [0.2, 0.25) is 0 Å². The summed E-state index contributed by atoms with van der Waals surface area (Å²) in [6.07, 6.45) is 2.13. The van der Waals surface area contributed by atoms with E-state index >= 15 is 0 Å². The average molecular weight is 245 g/mol. The zero-order valence-electron chi connectivity index (χ0n) is 11.0. The zero-order valence-corrected chi connectivity index (χ0v) is 11.0. The van der Waals surface area contributed by atoms with Crippen LogP contribution in [0.4, 0.5) is 0 Å². The molecule has 0 aliphatic rings. The van der Waals surface area contributed by atoms with Crippen LogP contribution in [0.25, 0.3) is 0 Å². The number of ether oxygens (including phenoxy) is 1. The number of esters is 1. The first-order valence-electron chi connectivity index (χ1n) is 6.36. The van der Waals surface area contributed by atoms with Gasteiger partial charge in [0, 0.05) is 0 Å². The van der Waals surface area contributed by atoms with Crippen molar-refractivity contribution in [2.24, 2.45) is 0 Å². The van der Waals surface area contributed by atoms with Gasteiger partial charge in [-0.05, 0) is 36.5 Å². The van der Waals surface area contributed by atoms with Crippen molar-refractivity contribution in [1.29, 1.82) is 5.26 Å². The second kappa shape index (κ2) is 7.50. The zero-order chi connectivity index (χ0) is 13.4. The number of hydrogen-bond acceptors (Lipinski definition) is 3. The molecule has 0 bridgehead atoms. The van der Waals surface area contributed by atoms with Crippen LogP contribution in [0.15, 0.2) is 24.3 Å². The number of carbonyl (C=O) groups excluding carboxylic acids is 1. The molecule has 3 nitrogen and oxygen atoms in total. The van der Waals surface area contributed by atoms with E-state index in [-0.39, 0.29) is 11.9 Å². The highest BCUT2D eigenvalue weighted by Crippen LogP contribution is 2.24. The maximum atomic E-state index is 11.6. The van der Waals surface area contributed by atoms with Gasteiger partial charge in [0.05, 0.1) is 24.7 Å². The van der Waals surface area contributed by atoms with Crippen molar-refractivity contribution in [2.75, 3.05) is 6.61 Å². The summed E-state index contributed by atoms with van der Waals surface area (Å²) in [6, 6.07) is 9.50. The van der Waals surface area contributed by atoms with E-state index in [1.165, 1.54) is 0 Å². The second-order valence-corrected chi connectivity index (χ2v) is 4.26. The van der Waals surface area contributed by atoms with Gasteiger partial charge in [0.25, 0.3) is 0 Å². The molecule has 1 rings (SSSR count). The van der Waals surface area contributed by atoms with Gasteiger partial charge in [0.15, 0.2) is 0 Å². The number of rotatable bonds is 6. The number of benzene rings is 1. The molecule has 0 spiro atoms. The van der Waals surface area contributed by atoms with E-state index in [0.717, 1.165) is 18.4 Å². The van der Waals surface area contributed by atoms with E-state index in [1.807, 2.05) is 19.1 Å². The molecule has 18 heavy (non-hydrogen) atoms. The molecule has 1 aromatic rings. The van der Waals surface area contributed by atoms with Crippen molar-refractivity contribution < 1.29 is 9.53 Å². The number of hydrogen-bond donors (Lipinski definition) is 0. The molecule has 0 aliphatic heterocycles. The summed E-state index contributed by atoms with van der Waals surface area (Å²) >= 11 is 0. The largest absolute Gasteiger partial charge is 0.466 e. The van der Waals surface area contributed by atoms with E-state index in [4.69, 9.17) is 10.00 Å². The van der Waals surface area contributed by atoms with Crippen molar-refractivity contribution >= 4 is 5.97 Å². The summed E-state index contributed by atoms with van der Waals surface area (Å²) in [7, 11) is 0. The number of nitriles is 1. The summed E-state index contributed by atoms with van der Waals surface area (Å²) in [6.45, 7) is 4.52. The molecule has 0 radical (unpaired) electrons. The molecule has 96 valence electrons. The van der Waals surface area contributed by atoms with E-state index in [9.17, 15) is 4.79 Å². The lowest BCUT2D eigenvalue weighted by atomic mass is 9.93. The van der Waals surface area contributed by atoms with Crippen LogP contribution in [0.2, 0.25) is 0 Å². The third-order valence-corrected chi connectivity index (χ3v) is 2.88. The van der Waals surface area contributed by atoms with Crippen LogP contribution < -0.4 is 0 Å². The fourth-order valence-corrected chi connectivity index (χ4v) is 1.80. The van der Waals surface area contributed by atoms with Crippen molar-refractivity contribution in [1.82, 2.24) is 0 Å². The molecule has 0 saturated carbocycles. The van der Waals surface area contributed by atoms with Gasteiger partial charge in [-0.1, -0.05) is 26.0 Å². The molecule has 0 N–H and O–H groups in total. The van der Waals surface area contributed by atoms with Crippen molar-refractivity contribution in [3.63, 3.8) is 0 Å². The van der Waals surface area contributed by atoms with Crippen LogP contribution >= 0.6 is 0 Å². The Bertz CT molecular complexity index is 417. The molecule has 1 unspecified atom stereocenters. The highest BCUT2D eigenvalue weighted by atomic mass is 16.5. The monoisotopic (exact) mass is 245 g/mol. The third-order valence-electron chi connectivity index (χ3n) is 2.88. The Balaban J connectivity index is 2.65. The van der Waals surface area contributed by atoms with E-state index < -0.39 is 0 Å². The fourth-order valence-electron chi connectivity index (χ4n) is 1.80. The molecular formula is C15H19NO2. The molecule has 0 amide bonds. The first-order valence-corrected chi connectivity index (χ1v) is 6.36. The quantitative estimate of drug-likeness (QED) is 0.722. The van der Waals surface area contributed by atoms with Crippen molar-refractivity contribution in [3.8, 4) is 6.07 Å². The Hall–Kier alpha value is -1.82. The molecular weight excluding hydrogens is 226 g/mol. The lowest BCUT2D eigenvalue weighted by Gasteiger charge is -2.14. The van der Waals surface area contributed by atoms with Crippen LogP contribution in [0.1, 0.15) is 50.2 Å². The van der Waals surface area contributed by atoms with Gasteiger partial charge < -0.3 is 4.74 Å². The van der Waals surface area contributed by atoms with Crippen LogP contribution in [0.3, 0.4) is 0 Å². The van der Waals surface area contributed by atoms with Crippen molar-refractivity contribution in [2.45, 2.75) is 39.0 Å². The van der Waals surface area contributed by atoms with E-state index in [2.05, 4.69) is 13.0 Å². The maximum absolute atomic E-state index is 11.6. The van der Waals surface area contributed by atoms with Gasteiger partial charge in [-0.2, -0.15) is 5.26 Å².